The van der Waals surface area contributed by atoms with Gasteiger partial charge in [-0.05, 0) is 32.9 Å². The minimum Gasteiger partial charge on any atom is -0.337 e. The molecule has 0 radical (unpaired) electrons. The van der Waals surface area contributed by atoms with E-state index in [0.29, 0.717) is 11.8 Å². The van der Waals surface area contributed by atoms with Crippen molar-refractivity contribution in [3.8, 4) is 0 Å². The maximum atomic E-state index is 12.7. The van der Waals surface area contributed by atoms with Crippen molar-refractivity contribution in [2.45, 2.75) is 57.7 Å². The highest BCUT2D eigenvalue weighted by Crippen LogP contribution is 2.33. The zero-order valence-electron chi connectivity index (χ0n) is 14.1. The van der Waals surface area contributed by atoms with E-state index in [4.69, 9.17) is 0 Å². The lowest BCUT2D eigenvalue weighted by molar-refractivity contribution is 0.175. The third kappa shape index (κ3) is 3.97. The second-order valence-electron chi connectivity index (χ2n) is 6.14. The van der Waals surface area contributed by atoms with Gasteiger partial charge in [0.1, 0.15) is 0 Å². The number of hydrogen-bond donors (Lipinski definition) is 2. The average Bonchev–Trinajstić information content (AvgIpc) is 2.71. The Kier molecular flexibility index (Phi) is 6.17. The molecule has 2 heterocycles. The summed E-state index contributed by atoms with van der Waals surface area (Å²) in [5, 5.41) is 10.9. The summed E-state index contributed by atoms with van der Waals surface area (Å²) in [6.07, 6.45) is 6.53. The quantitative estimate of drug-likeness (QED) is 0.892. The van der Waals surface area contributed by atoms with Gasteiger partial charge in [-0.3, -0.25) is 5.10 Å². The molecule has 0 aromatic carbocycles. The normalized spacial score (nSPS) is 20.5. The van der Waals surface area contributed by atoms with Gasteiger partial charge in [0.05, 0.1) is 11.7 Å². The molecule has 0 spiro atoms. The molecule has 1 aromatic heterocycles. The second kappa shape index (κ2) is 7.90. The Morgan fingerprint density at radius 1 is 1.45 bits per heavy atom. The number of hydrogen-bond acceptors (Lipinski definition) is 3. The van der Waals surface area contributed by atoms with Crippen molar-refractivity contribution < 1.29 is 4.79 Å². The summed E-state index contributed by atoms with van der Waals surface area (Å²) in [6, 6.07) is 0.207. The Hall–Kier alpha value is -1.17. The summed E-state index contributed by atoms with van der Waals surface area (Å²) in [5.74, 6) is 0. The Morgan fingerprint density at radius 3 is 2.86 bits per heavy atom. The van der Waals surface area contributed by atoms with Crippen molar-refractivity contribution >= 4 is 17.8 Å². The first-order valence-corrected chi connectivity index (χ1v) is 9.42. The first-order chi connectivity index (χ1) is 10.5. The molecule has 6 heteroatoms. The SMILES string of the molecule is CS[C@@H](C)CNC(=O)N1CCCCC[C@@H]1c1c(C)n[nH]c1C. The number of aromatic nitrogens is 2. The van der Waals surface area contributed by atoms with Gasteiger partial charge in [-0.2, -0.15) is 16.9 Å². The minimum absolute atomic E-state index is 0.0628. The lowest BCUT2D eigenvalue weighted by atomic mass is 9.99. The maximum absolute atomic E-state index is 12.7. The van der Waals surface area contributed by atoms with Crippen molar-refractivity contribution in [1.29, 1.82) is 0 Å². The number of carbonyl (C=O) groups excluding carboxylic acids is 1. The van der Waals surface area contributed by atoms with Gasteiger partial charge >= 0.3 is 6.03 Å². The number of thioether (sulfide) groups is 1. The molecule has 2 amide bonds. The van der Waals surface area contributed by atoms with Crippen molar-refractivity contribution in [1.82, 2.24) is 20.4 Å². The molecule has 124 valence electrons. The fourth-order valence-electron chi connectivity index (χ4n) is 3.12. The molecule has 0 aliphatic carbocycles. The molecule has 1 aliphatic rings. The summed E-state index contributed by atoms with van der Waals surface area (Å²) in [4.78, 5) is 14.7. The molecule has 0 saturated carbocycles. The molecule has 22 heavy (non-hydrogen) atoms. The number of carbonyl (C=O) groups is 1. The van der Waals surface area contributed by atoms with Crippen LogP contribution in [0.5, 0.6) is 0 Å². The molecule has 2 N–H and O–H groups in total. The van der Waals surface area contributed by atoms with Crippen LogP contribution >= 0.6 is 11.8 Å². The van der Waals surface area contributed by atoms with Crippen LogP contribution in [0.25, 0.3) is 0 Å². The molecule has 1 fully saturated rings. The Bertz CT molecular complexity index is 483. The first kappa shape index (κ1) is 17.2. The van der Waals surface area contributed by atoms with Crippen LogP contribution in [-0.2, 0) is 0 Å². The molecule has 1 aromatic rings. The van der Waals surface area contributed by atoms with Crippen LogP contribution in [0.3, 0.4) is 0 Å². The molecule has 0 unspecified atom stereocenters. The zero-order chi connectivity index (χ0) is 16.1. The smallest absolute Gasteiger partial charge is 0.317 e. The highest BCUT2D eigenvalue weighted by molar-refractivity contribution is 7.99. The second-order valence-corrected chi connectivity index (χ2v) is 7.41. The summed E-state index contributed by atoms with van der Waals surface area (Å²) in [7, 11) is 0. The van der Waals surface area contributed by atoms with Crippen molar-refractivity contribution in [2.75, 3.05) is 19.3 Å². The van der Waals surface area contributed by atoms with E-state index >= 15 is 0 Å². The van der Waals surface area contributed by atoms with E-state index in [1.165, 1.54) is 18.4 Å². The Labute approximate surface area is 137 Å². The van der Waals surface area contributed by atoms with Crippen LogP contribution < -0.4 is 5.32 Å². The Morgan fingerprint density at radius 2 is 2.23 bits per heavy atom. The van der Waals surface area contributed by atoms with E-state index in [-0.39, 0.29) is 12.1 Å². The number of H-pyrrole nitrogens is 1. The fourth-order valence-corrected chi connectivity index (χ4v) is 3.37. The van der Waals surface area contributed by atoms with E-state index in [1.807, 2.05) is 18.7 Å². The lowest BCUT2D eigenvalue weighted by Gasteiger charge is -2.31. The van der Waals surface area contributed by atoms with E-state index in [0.717, 1.165) is 30.8 Å². The third-order valence-electron chi connectivity index (χ3n) is 4.48. The molecular formula is C16H28N4OS. The van der Waals surface area contributed by atoms with E-state index < -0.39 is 0 Å². The summed E-state index contributed by atoms with van der Waals surface area (Å²) in [5.41, 5.74) is 3.30. The van der Waals surface area contributed by atoms with Gasteiger partial charge in [0.2, 0.25) is 0 Å². The van der Waals surface area contributed by atoms with Gasteiger partial charge in [0.25, 0.3) is 0 Å². The molecule has 1 aliphatic heterocycles. The molecule has 5 nitrogen and oxygen atoms in total. The minimum atomic E-state index is 0.0628. The first-order valence-electron chi connectivity index (χ1n) is 8.13. The summed E-state index contributed by atoms with van der Waals surface area (Å²) >= 11 is 1.77. The number of rotatable bonds is 4. The van der Waals surface area contributed by atoms with Gasteiger partial charge in [-0.25, -0.2) is 4.79 Å². The topological polar surface area (TPSA) is 61.0 Å². The lowest BCUT2D eigenvalue weighted by Crippen LogP contribution is -2.44. The monoisotopic (exact) mass is 324 g/mol. The van der Waals surface area contributed by atoms with Crippen LogP contribution in [0.1, 0.15) is 55.6 Å². The standard InChI is InChI=1S/C16H28N4OS/c1-11(22-4)10-17-16(21)20-9-7-5-6-8-14(20)15-12(2)18-19-13(15)3/h11,14H,5-10H2,1-4H3,(H,17,21)(H,18,19)/t11-,14+/m0/s1. The van der Waals surface area contributed by atoms with E-state index in [9.17, 15) is 4.79 Å². The largest absolute Gasteiger partial charge is 0.337 e. The fraction of sp³-hybridized carbons (Fsp3) is 0.750. The highest BCUT2D eigenvalue weighted by Gasteiger charge is 2.30. The Balaban J connectivity index is 2.16. The van der Waals surface area contributed by atoms with Crippen LogP contribution in [0, 0.1) is 13.8 Å². The molecule has 0 bridgehead atoms. The van der Waals surface area contributed by atoms with Crippen LogP contribution in [0.4, 0.5) is 4.79 Å². The highest BCUT2D eigenvalue weighted by atomic mass is 32.2. The summed E-state index contributed by atoms with van der Waals surface area (Å²) in [6.45, 7) is 7.75. The van der Waals surface area contributed by atoms with Crippen LogP contribution in [0.2, 0.25) is 0 Å². The summed E-state index contributed by atoms with van der Waals surface area (Å²) < 4.78 is 0. The number of urea groups is 1. The molecule has 2 rings (SSSR count). The van der Waals surface area contributed by atoms with E-state index in [2.05, 4.69) is 28.7 Å². The van der Waals surface area contributed by atoms with Crippen molar-refractivity contribution in [3.05, 3.63) is 17.0 Å². The number of aromatic amines is 1. The van der Waals surface area contributed by atoms with Crippen LogP contribution in [0.15, 0.2) is 0 Å². The number of nitrogens with zero attached hydrogens (tertiary/aromatic N) is 2. The molecular weight excluding hydrogens is 296 g/mol. The van der Waals surface area contributed by atoms with Gasteiger partial charge in [0.15, 0.2) is 0 Å². The van der Waals surface area contributed by atoms with Gasteiger partial charge < -0.3 is 10.2 Å². The number of nitrogens with one attached hydrogen (secondary N) is 2. The predicted octanol–water partition coefficient (Wildman–Crippen LogP) is 3.40. The third-order valence-corrected chi connectivity index (χ3v) is 5.45. The van der Waals surface area contributed by atoms with Crippen molar-refractivity contribution in [3.63, 3.8) is 0 Å². The number of likely N-dealkylation sites (tertiary alicyclic amines) is 1. The number of amides is 2. The maximum Gasteiger partial charge on any atom is 0.317 e. The van der Waals surface area contributed by atoms with Gasteiger partial charge in [0, 0.05) is 29.6 Å². The van der Waals surface area contributed by atoms with Crippen LogP contribution in [-0.4, -0.2) is 45.7 Å². The van der Waals surface area contributed by atoms with Gasteiger partial charge in [-0.1, -0.05) is 19.8 Å². The van der Waals surface area contributed by atoms with Crippen molar-refractivity contribution in [2.24, 2.45) is 0 Å². The number of aryl methyl sites for hydroxylation is 2. The predicted molar refractivity (Wildman–Crippen MR) is 92.4 cm³/mol. The molecule has 2 atom stereocenters. The van der Waals surface area contributed by atoms with E-state index in [1.54, 1.807) is 11.8 Å². The zero-order valence-corrected chi connectivity index (χ0v) is 14.9. The molecule has 1 saturated heterocycles. The average molecular weight is 324 g/mol. The van der Waals surface area contributed by atoms with Gasteiger partial charge in [-0.15, -0.1) is 0 Å².